The molecule has 2 rings (SSSR count). The van der Waals surface area contributed by atoms with Crippen LogP contribution in [0.25, 0.3) is 0 Å². The van der Waals surface area contributed by atoms with Gasteiger partial charge in [-0.1, -0.05) is 30.3 Å². The molecule has 2 amide bonds. The highest BCUT2D eigenvalue weighted by molar-refractivity contribution is 5.88. The zero-order chi connectivity index (χ0) is 11.4. The van der Waals surface area contributed by atoms with Crippen molar-refractivity contribution in [3.63, 3.8) is 0 Å². The van der Waals surface area contributed by atoms with Gasteiger partial charge in [0.05, 0.1) is 6.54 Å². The van der Waals surface area contributed by atoms with Crippen molar-refractivity contribution in [2.45, 2.75) is 6.61 Å². The molecule has 0 radical (unpaired) electrons. The van der Waals surface area contributed by atoms with Gasteiger partial charge in [0.1, 0.15) is 13.2 Å². The molecule has 0 saturated carbocycles. The van der Waals surface area contributed by atoms with Crippen LogP contribution < -0.4 is 0 Å². The smallest absolute Gasteiger partial charge is 0.419 e. The Kier molecular flexibility index (Phi) is 3.05. The maximum Gasteiger partial charge on any atom is 0.419 e. The average Bonchev–Trinajstić information content (AvgIpc) is 2.74. The van der Waals surface area contributed by atoms with Crippen LogP contribution in [0.3, 0.4) is 0 Å². The fraction of sp³-hybridized carbons (Fsp3) is 0.273. The summed E-state index contributed by atoms with van der Waals surface area (Å²) in [5, 5.41) is 0. The zero-order valence-corrected chi connectivity index (χ0v) is 8.59. The van der Waals surface area contributed by atoms with Crippen LogP contribution in [0.4, 0.5) is 9.59 Å². The molecule has 0 spiro atoms. The summed E-state index contributed by atoms with van der Waals surface area (Å²) < 4.78 is 9.59. The standard InChI is InChI=1S/C11H11NO4/c13-10-12(6-7-15-10)11(14)16-8-9-4-2-1-3-5-9/h1-5H,6-8H2. The van der Waals surface area contributed by atoms with Crippen molar-refractivity contribution >= 4 is 12.2 Å². The van der Waals surface area contributed by atoms with E-state index < -0.39 is 12.2 Å². The lowest BCUT2D eigenvalue weighted by molar-refractivity contribution is 0.104. The van der Waals surface area contributed by atoms with Crippen LogP contribution in [-0.2, 0) is 16.1 Å². The summed E-state index contributed by atoms with van der Waals surface area (Å²) in [6.07, 6.45) is -1.30. The molecule has 1 fully saturated rings. The second kappa shape index (κ2) is 4.65. The summed E-state index contributed by atoms with van der Waals surface area (Å²) in [4.78, 5) is 23.4. The van der Waals surface area contributed by atoms with Gasteiger partial charge in [0.2, 0.25) is 0 Å². The second-order valence-corrected chi connectivity index (χ2v) is 3.31. The Morgan fingerprint density at radius 3 is 2.75 bits per heavy atom. The van der Waals surface area contributed by atoms with Gasteiger partial charge in [-0.25, -0.2) is 14.5 Å². The van der Waals surface area contributed by atoms with Gasteiger partial charge in [-0.05, 0) is 5.56 Å². The van der Waals surface area contributed by atoms with Gasteiger partial charge >= 0.3 is 12.2 Å². The SMILES string of the molecule is O=C1OCCN1C(=O)OCc1ccccc1. The van der Waals surface area contributed by atoms with Gasteiger partial charge in [0.25, 0.3) is 0 Å². The van der Waals surface area contributed by atoms with Gasteiger partial charge in [-0.3, -0.25) is 0 Å². The molecule has 5 heteroatoms. The molecule has 0 unspecified atom stereocenters. The van der Waals surface area contributed by atoms with Gasteiger partial charge in [0, 0.05) is 0 Å². The van der Waals surface area contributed by atoms with E-state index in [-0.39, 0.29) is 19.8 Å². The first kappa shape index (κ1) is 10.5. The lowest BCUT2D eigenvalue weighted by Gasteiger charge is -2.10. The normalized spacial score (nSPS) is 14.8. The Labute approximate surface area is 92.6 Å². The maximum absolute atomic E-state index is 11.4. The molecule has 5 nitrogen and oxygen atoms in total. The van der Waals surface area contributed by atoms with Crippen LogP contribution in [0.1, 0.15) is 5.56 Å². The van der Waals surface area contributed by atoms with Crippen LogP contribution in [0.15, 0.2) is 30.3 Å². The van der Waals surface area contributed by atoms with Gasteiger partial charge in [-0.15, -0.1) is 0 Å². The number of amides is 2. The monoisotopic (exact) mass is 221 g/mol. The molecule has 0 aromatic heterocycles. The van der Waals surface area contributed by atoms with E-state index in [9.17, 15) is 9.59 Å². The Hall–Kier alpha value is -2.04. The molecule has 1 aromatic carbocycles. The molecule has 1 saturated heterocycles. The number of hydrogen-bond donors (Lipinski definition) is 0. The van der Waals surface area contributed by atoms with Crippen molar-refractivity contribution in [3.8, 4) is 0 Å². The van der Waals surface area contributed by atoms with E-state index in [1.54, 1.807) is 0 Å². The molecular formula is C11H11NO4. The summed E-state index contributed by atoms with van der Waals surface area (Å²) in [5.41, 5.74) is 0.878. The molecule has 1 aromatic rings. The third kappa shape index (κ3) is 2.31. The molecular weight excluding hydrogens is 210 g/mol. The predicted molar refractivity (Wildman–Crippen MR) is 54.7 cm³/mol. The molecule has 0 atom stereocenters. The zero-order valence-electron chi connectivity index (χ0n) is 8.59. The van der Waals surface area contributed by atoms with Gasteiger partial charge < -0.3 is 9.47 Å². The number of carbonyl (C=O) groups is 2. The highest BCUT2D eigenvalue weighted by Crippen LogP contribution is 2.07. The minimum atomic E-state index is -0.661. The molecule has 0 aliphatic carbocycles. The van der Waals surface area contributed by atoms with E-state index in [0.717, 1.165) is 10.5 Å². The summed E-state index contributed by atoms with van der Waals surface area (Å²) in [6.45, 7) is 0.648. The summed E-state index contributed by atoms with van der Waals surface area (Å²) >= 11 is 0. The minimum Gasteiger partial charge on any atom is -0.447 e. The number of benzene rings is 1. The fourth-order valence-electron chi connectivity index (χ4n) is 1.36. The number of imide groups is 1. The second-order valence-electron chi connectivity index (χ2n) is 3.31. The third-order valence-electron chi connectivity index (χ3n) is 2.19. The Morgan fingerprint density at radius 2 is 2.12 bits per heavy atom. The summed E-state index contributed by atoms with van der Waals surface area (Å²) in [7, 11) is 0. The Bertz CT molecular complexity index is 390. The minimum absolute atomic E-state index is 0.156. The summed E-state index contributed by atoms with van der Waals surface area (Å²) in [6, 6.07) is 9.27. The average molecular weight is 221 g/mol. The molecule has 16 heavy (non-hydrogen) atoms. The van der Waals surface area contributed by atoms with Crippen molar-refractivity contribution in [1.29, 1.82) is 0 Å². The van der Waals surface area contributed by atoms with Gasteiger partial charge in [0.15, 0.2) is 0 Å². The van der Waals surface area contributed by atoms with E-state index >= 15 is 0 Å². The number of rotatable bonds is 2. The number of cyclic esters (lactones) is 1. The van der Waals surface area contributed by atoms with Crippen LogP contribution in [0.2, 0.25) is 0 Å². The van der Waals surface area contributed by atoms with Crippen molar-refractivity contribution in [2.24, 2.45) is 0 Å². The first-order valence-corrected chi connectivity index (χ1v) is 4.92. The highest BCUT2D eigenvalue weighted by Gasteiger charge is 2.29. The largest absolute Gasteiger partial charge is 0.447 e. The van der Waals surface area contributed by atoms with Crippen LogP contribution in [-0.4, -0.2) is 30.2 Å². The van der Waals surface area contributed by atoms with E-state index in [4.69, 9.17) is 4.74 Å². The van der Waals surface area contributed by atoms with Crippen LogP contribution in [0, 0.1) is 0 Å². The highest BCUT2D eigenvalue weighted by atomic mass is 16.6. The first-order valence-electron chi connectivity index (χ1n) is 4.92. The number of nitrogens with zero attached hydrogens (tertiary/aromatic N) is 1. The molecule has 1 aliphatic heterocycles. The van der Waals surface area contributed by atoms with Crippen molar-refractivity contribution < 1.29 is 19.1 Å². The fourth-order valence-corrected chi connectivity index (χ4v) is 1.36. The Morgan fingerprint density at radius 1 is 1.38 bits per heavy atom. The number of carbonyl (C=O) groups excluding carboxylic acids is 2. The van der Waals surface area contributed by atoms with E-state index in [1.807, 2.05) is 30.3 Å². The molecule has 0 N–H and O–H groups in total. The lowest BCUT2D eigenvalue weighted by Crippen LogP contribution is -2.32. The van der Waals surface area contributed by atoms with E-state index in [1.165, 1.54) is 0 Å². The molecule has 0 bridgehead atoms. The first-order chi connectivity index (χ1) is 7.77. The van der Waals surface area contributed by atoms with Crippen LogP contribution in [0.5, 0.6) is 0 Å². The number of hydrogen-bond acceptors (Lipinski definition) is 4. The quantitative estimate of drug-likeness (QED) is 0.763. The van der Waals surface area contributed by atoms with Gasteiger partial charge in [-0.2, -0.15) is 0 Å². The molecule has 84 valence electrons. The Balaban J connectivity index is 1.86. The van der Waals surface area contributed by atoms with Crippen molar-refractivity contribution in [1.82, 2.24) is 4.90 Å². The van der Waals surface area contributed by atoms with Crippen molar-refractivity contribution in [3.05, 3.63) is 35.9 Å². The van der Waals surface area contributed by atoms with Crippen LogP contribution >= 0.6 is 0 Å². The van der Waals surface area contributed by atoms with E-state index in [0.29, 0.717) is 0 Å². The number of ether oxygens (including phenoxy) is 2. The summed E-state index contributed by atoms with van der Waals surface area (Å²) in [5.74, 6) is 0. The van der Waals surface area contributed by atoms with E-state index in [2.05, 4.69) is 4.74 Å². The lowest BCUT2D eigenvalue weighted by atomic mass is 10.2. The predicted octanol–water partition coefficient (Wildman–Crippen LogP) is 1.78. The maximum atomic E-state index is 11.4. The topological polar surface area (TPSA) is 55.8 Å². The molecule has 1 aliphatic rings. The van der Waals surface area contributed by atoms with Crippen molar-refractivity contribution in [2.75, 3.05) is 13.2 Å². The molecule has 1 heterocycles. The third-order valence-corrected chi connectivity index (χ3v) is 2.19.